The molecule has 6 heteroatoms. The van der Waals surface area contributed by atoms with E-state index >= 15 is 0 Å². The van der Waals surface area contributed by atoms with Crippen LogP contribution < -0.4 is 10.9 Å². The number of pyridine rings is 1. The summed E-state index contributed by atoms with van der Waals surface area (Å²) in [6, 6.07) is 2.39. The number of hydrogen-bond donors (Lipinski definition) is 2. The first-order valence-corrected chi connectivity index (χ1v) is 7.35. The molecule has 1 aromatic rings. The van der Waals surface area contributed by atoms with Gasteiger partial charge in [0.05, 0.1) is 0 Å². The van der Waals surface area contributed by atoms with E-state index < -0.39 is 23.5 Å². The molecule has 0 saturated carbocycles. The molecule has 0 radical (unpaired) electrons. The standard InChI is InChI=1S/C16H24N2O4/c1-6-10(2)12(14(20)21)17-15(22)16(4,5)18-9-7-8-11(3)13(18)19/h7-10,12H,6H2,1-5H3,(H,17,22)(H,20,21). The SMILES string of the molecule is CCC(C)C(NC(=O)C(C)(C)n1cccc(C)c1=O)C(=O)O. The molecule has 22 heavy (non-hydrogen) atoms. The van der Waals surface area contributed by atoms with Crippen LogP contribution in [-0.2, 0) is 15.1 Å². The fraction of sp³-hybridized carbons (Fsp3) is 0.562. The number of amides is 1. The van der Waals surface area contributed by atoms with E-state index in [9.17, 15) is 19.5 Å². The zero-order chi connectivity index (χ0) is 17.1. The maximum atomic E-state index is 12.5. The summed E-state index contributed by atoms with van der Waals surface area (Å²) >= 11 is 0. The molecular formula is C16H24N2O4. The summed E-state index contributed by atoms with van der Waals surface area (Å²) in [5.41, 5.74) is -0.914. The number of carbonyl (C=O) groups is 2. The lowest BCUT2D eigenvalue weighted by Crippen LogP contribution is -2.54. The van der Waals surface area contributed by atoms with Crippen molar-refractivity contribution >= 4 is 11.9 Å². The van der Waals surface area contributed by atoms with Gasteiger partial charge >= 0.3 is 5.97 Å². The molecule has 1 rings (SSSR count). The van der Waals surface area contributed by atoms with E-state index in [2.05, 4.69) is 5.32 Å². The Hall–Kier alpha value is -2.11. The molecule has 0 bridgehead atoms. The van der Waals surface area contributed by atoms with Gasteiger partial charge in [0.2, 0.25) is 5.91 Å². The molecule has 0 aliphatic heterocycles. The van der Waals surface area contributed by atoms with E-state index in [0.29, 0.717) is 12.0 Å². The Kier molecular flexibility index (Phi) is 5.52. The minimum atomic E-state index is -1.18. The van der Waals surface area contributed by atoms with E-state index in [1.54, 1.807) is 39.8 Å². The maximum absolute atomic E-state index is 12.5. The number of carboxylic acid groups (broad SMARTS) is 1. The number of aliphatic carboxylic acids is 1. The molecule has 0 spiro atoms. The maximum Gasteiger partial charge on any atom is 0.326 e. The molecule has 0 aliphatic rings. The second-order valence-electron chi connectivity index (χ2n) is 6.10. The average Bonchev–Trinajstić information content (AvgIpc) is 2.45. The van der Waals surface area contributed by atoms with E-state index in [1.807, 2.05) is 6.92 Å². The highest BCUT2D eigenvalue weighted by Crippen LogP contribution is 2.16. The van der Waals surface area contributed by atoms with E-state index in [1.165, 1.54) is 10.8 Å². The molecule has 1 heterocycles. The van der Waals surface area contributed by atoms with Gasteiger partial charge in [-0.2, -0.15) is 0 Å². The van der Waals surface area contributed by atoms with Crippen molar-refractivity contribution in [2.45, 2.75) is 52.6 Å². The second-order valence-corrected chi connectivity index (χ2v) is 6.10. The highest BCUT2D eigenvalue weighted by molar-refractivity contribution is 5.88. The summed E-state index contributed by atoms with van der Waals surface area (Å²) in [6.45, 7) is 8.50. The summed E-state index contributed by atoms with van der Waals surface area (Å²) < 4.78 is 1.33. The smallest absolute Gasteiger partial charge is 0.326 e. The third-order valence-electron chi connectivity index (χ3n) is 4.06. The largest absolute Gasteiger partial charge is 0.480 e. The lowest BCUT2D eigenvalue weighted by atomic mass is 9.96. The third kappa shape index (κ3) is 3.55. The molecule has 2 N–H and O–H groups in total. The summed E-state index contributed by atoms with van der Waals surface area (Å²) in [6.07, 6.45) is 2.16. The highest BCUT2D eigenvalue weighted by Gasteiger charge is 2.35. The highest BCUT2D eigenvalue weighted by atomic mass is 16.4. The number of nitrogens with one attached hydrogen (secondary N) is 1. The molecule has 1 aromatic heterocycles. The van der Waals surface area contributed by atoms with Crippen molar-refractivity contribution < 1.29 is 14.7 Å². The third-order valence-corrected chi connectivity index (χ3v) is 4.06. The number of hydrogen-bond acceptors (Lipinski definition) is 3. The predicted molar refractivity (Wildman–Crippen MR) is 83.8 cm³/mol. The Morgan fingerprint density at radius 1 is 1.41 bits per heavy atom. The van der Waals surface area contributed by atoms with E-state index in [-0.39, 0.29) is 11.5 Å². The van der Waals surface area contributed by atoms with Crippen LogP contribution in [0.5, 0.6) is 0 Å². The van der Waals surface area contributed by atoms with Crippen molar-refractivity contribution in [3.8, 4) is 0 Å². The van der Waals surface area contributed by atoms with Crippen LogP contribution in [0.4, 0.5) is 0 Å². The molecule has 0 fully saturated rings. The van der Waals surface area contributed by atoms with E-state index in [4.69, 9.17) is 0 Å². The zero-order valence-electron chi connectivity index (χ0n) is 13.7. The normalized spacial score (nSPS) is 14.2. The number of aromatic nitrogens is 1. The number of carboxylic acids is 1. The molecule has 1 amide bonds. The summed E-state index contributed by atoms with van der Waals surface area (Å²) in [7, 11) is 0. The molecule has 6 nitrogen and oxygen atoms in total. The lowest BCUT2D eigenvalue weighted by Gasteiger charge is -2.29. The molecule has 2 atom stereocenters. The van der Waals surface area contributed by atoms with Crippen LogP contribution in [-0.4, -0.2) is 27.6 Å². The van der Waals surface area contributed by atoms with E-state index in [0.717, 1.165) is 0 Å². The van der Waals surface area contributed by atoms with Gasteiger partial charge in [-0.05, 0) is 32.8 Å². The molecule has 2 unspecified atom stereocenters. The Morgan fingerprint density at radius 2 is 2.00 bits per heavy atom. The summed E-state index contributed by atoms with van der Waals surface area (Å²) in [5, 5.41) is 11.8. The van der Waals surface area contributed by atoms with Crippen LogP contribution in [0.2, 0.25) is 0 Å². The Balaban J connectivity index is 3.12. The van der Waals surface area contributed by atoms with Gasteiger partial charge in [-0.15, -0.1) is 0 Å². The lowest BCUT2D eigenvalue weighted by molar-refractivity contribution is -0.144. The molecule has 122 valence electrons. The zero-order valence-corrected chi connectivity index (χ0v) is 13.7. The second kappa shape index (κ2) is 6.77. The topological polar surface area (TPSA) is 88.4 Å². The molecule has 0 saturated heterocycles. The van der Waals surface area contributed by atoms with Gasteiger partial charge in [0.1, 0.15) is 11.6 Å². The Labute approximate surface area is 130 Å². The van der Waals surface area contributed by atoms with Gasteiger partial charge < -0.3 is 15.0 Å². The summed E-state index contributed by atoms with van der Waals surface area (Å²) in [5.74, 6) is -1.77. The van der Waals surface area contributed by atoms with Crippen LogP contribution in [0.3, 0.4) is 0 Å². The molecule has 0 aliphatic carbocycles. The van der Waals surface area contributed by atoms with Crippen molar-refractivity contribution in [2.24, 2.45) is 5.92 Å². The van der Waals surface area contributed by atoms with Crippen molar-refractivity contribution in [2.75, 3.05) is 0 Å². The first kappa shape index (κ1) is 17.9. The first-order chi connectivity index (χ1) is 10.1. The van der Waals surface area contributed by atoms with Gasteiger partial charge in [-0.1, -0.05) is 26.3 Å². The quantitative estimate of drug-likeness (QED) is 0.833. The van der Waals surface area contributed by atoms with Crippen molar-refractivity contribution in [3.63, 3.8) is 0 Å². The molecular weight excluding hydrogens is 284 g/mol. The van der Waals surface area contributed by atoms with Crippen molar-refractivity contribution in [1.82, 2.24) is 9.88 Å². The number of aryl methyl sites for hydroxylation is 1. The van der Waals surface area contributed by atoms with Gasteiger partial charge in [0.15, 0.2) is 0 Å². The first-order valence-electron chi connectivity index (χ1n) is 7.35. The average molecular weight is 308 g/mol. The monoisotopic (exact) mass is 308 g/mol. The number of carbonyl (C=O) groups excluding carboxylic acids is 1. The van der Waals surface area contributed by atoms with Crippen LogP contribution in [0.25, 0.3) is 0 Å². The van der Waals surface area contributed by atoms with Gasteiger partial charge in [-0.25, -0.2) is 4.79 Å². The Bertz CT molecular complexity index is 619. The van der Waals surface area contributed by atoms with Crippen LogP contribution in [0, 0.1) is 12.8 Å². The predicted octanol–water partition coefficient (Wildman–Crippen LogP) is 1.51. The van der Waals surface area contributed by atoms with Crippen molar-refractivity contribution in [3.05, 3.63) is 34.2 Å². The number of rotatable bonds is 6. The minimum absolute atomic E-state index is 0.202. The summed E-state index contributed by atoms with van der Waals surface area (Å²) in [4.78, 5) is 36.1. The van der Waals surface area contributed by atoms with Gasteiger partial charge in [0.25, 0.3) is 5.56 Å². The van der Waals surface area contributed by atoms with Crippen LogP contribution in [0.15, 0.2) is 23.1 Å². The number of nitrogens with zero attached hydrogens (tertiary/aromatic N) is 1. The van der Waals surface area contributed by atoms with Crippen LogP contribution >= 0.6 is 0 Å². The fourth-order valence-electron chi connectivity index (χ4n) is 2.15. The van der Waals surface area contributed by atoms with Crippen molar-refractivity contribution in [1.29, 1.82) is 0 Å². The van der Waals surface area contributed by atoms with Gasteiger partial charge in [0, 0.05) is 11.8 Å². The van der Waals surface area contributed by atoms with Gasteiger partial charge in [-0.3, -0.25) is 9.59 Å². The molecule has 0 aromatic carbocycles. The van der Waals surface area contributed by atoms with Crippen LogP contribution in [0.1, 0.15) is 39.7 Å². The fourth-order valence-corrected chi connectivity index (χ4v) is 2.15. The minimum Gasteiger partial charge on any atom is -0.480 e. The Morgan fingerprint density at radius 3 is 2.50 bits per heavy atom.